The first kappa shape index (κ1) is 19.0. The van der Waals surface area contributed by atoms with Gasteiger partial charge in [0.05, 0.1) is 4.88 Å². The number of nitrogens with one attached hydrogen (secondary N) is 1. The molecule has 146 valence electrons. The molecule has 0 bridgehead atoms. The molecule has 0 unspecified atom stereocenters. The molecule has 0 atom stereocenters. The Kier molecular flexibility index (Phi) is 5.64. The van der Waals surface area contributed by atoms with E-state index in [1.807, 2.05) is 36.4 Å². The average Bonchev–Trinajstić information content (AvgIpc) is 3.32. The Morgan fingerprint density at radius 3 is 2.79 bits per heavy atom. The molecule has 6 nitrogen and oxygen atoms in total. The molecular weight excluding hydrogens is 396 g/mol. The fourth-order valence-corrected chi connectivity index (χ4v) is 4.40. The first-order chi connectivity index (χ1) is 13.6. The Labute approximate surface area is 171 Å². The summed E-state index contributed by atoms with van der Waals surface area (Å²) in [7, 11) is 0. The number of hydrogen-bond donors (Lipinski definition) is 1. The van der Waals surface area contributed by atoms with Crippen LogP contribution in [-0.2, 0) is 19.5 Å². The van der Waals surface area contributed by atoms with Crippen molar-refractivity contribution < 1.29 is 4.79 Å². The highest BCUT2D eigenvalue weighted by molar-refractivity contribution is 7.17. The quantitative estimate of drug-likeness (QED) is 0.624. The number of benzene rings is 1. The van der Waals surface area contributed by atoms with Crippen molar-refractivity contribution in [1.29, 1.82) is 0 Å². The molecule has 4 rings (SSSR count). The van der Waals surface area contributed by atoms with Crippen molar-refractivity contribution in [3.05, 3.63) is 62.6 Å². The molecule has 1 aliphatic rings. The first-order valence-corrected chi connectivity index (χ1v) is 10.6. The Morgan fingerprint density at radius 2 is 2.00 bits per heavy atom. The number of halogens is 1. The van der Waals surface area contributed by atoms with Gasteiger partial charge >= 0.3 is 5.69 Å². The van der Waals surface area contributed by atoms with Crippen molar-refractivity contribution in [2.24, 2.45) is 0 Å². The number of aromatic nitrogens is 3. The van der Waals surface area contributed by atoms with E-state index in [0.29, 0.717) is 29.4 Å². The fraction of sp³-hybridized carbons (Fsp3) is 0.350. The van der Waals surface area contributed by atoms with Crippen LogP contribution in [0.3, 0.4) is 0 Å². The van der Waals surface area contributed by atoms with Gasteiger partial charge in [-0.2, -0.15) is 5.10 Å². The summed E-state index contributed by atoms with van der Waals surface area (Å²) in [6.07, 6.45) is 3.66. The normalized spacial score (nSPS) is 13.3. The molecule has 1 N–H and O–H groups in total. The molecule has 3 heterocycles. The third kappa shape index (κ3) is 4.05. The first-order valence-electron chi connectivity index (χ1n) is 9.42. The average molecular weight is 417 g/mol. The maximum Gasteiger partial charge on any atom is 0.345 e. The van der Waals surface area contributed by atoms with Crippen LogP contribution in [0.25, 0.3) is 10.4 Å². The second-order valence-corrected chi connectivity index (χ2v) is 8.33. The van der Waals surface area contributed by atoms with Crippen molar-refractivity contribution >= 4 is 28.8 Å². The van der Waals surface area contributed by atoms with E-state index in [1.165, 1.54) is 16.0 Å². The maximum atomic E-state index is 12.4. The van der Waals surface area contributed by atoms with Gasteiger partial charge < -0.3 is 5.32 Å². The van der Waals surface area contributed by atoms with Crippen molar-refractivity contribution in [2.45, 2.75) is 38.8 Å². The van der Waals surface area contributed by atoms with Crippen molar-refractivity contribution in [1.82, 2.24) is 19.7 Å². The predicted octanol–water partition coefficient (Wildman–Crippen LogP) is 3.58. The number of amides is 1. The molecule has 28 heavy (non-hydrogen) atoms. The van der Waals surface area contributed by atoms with Crippen LogP contribution in [0.5, 0.6) is 0 Å². The van der Waals surface area contributed by atoms with Gasteiger partial charge in [-0.1, -0.05) is 23.7 Å². The number of aryl methyl sites for hydroxylation is 2. The van der Waals surface area contributed by atoms with Crippen molar-refractivity contribution in [2.75, 3.05) is 6.54 Å². The highest BCUT2D eigenvalue weighted by atomic mass is 35.5. The Hall–Kier alpha value is -2.38. The van der Waals surface area contributed by atoms with Gasteiger partial charge in [0.1, 0.15) is 5.82 Å². The van der Waals surface area contributed by atoms with Crippen molar-refractivity contribution in [3.63, 3.8) is 0 Å². The standard InChI is InChI=1S/C20H21ClN4O2S/c21-15-7-5-14(6-8-15)16-9-10-17(28-16)19(26)22-11-3-13-25-20(27)24-12-2-1-4-18(24)23-25/h5-10H,1-4,11-13H2,(H,22,26). The van der Waals surface area contributed by atoms with Crippen LogP contribution >= 0.6 is 22.9 Å². The lowest BCUT2D eigenvalue weighted by atomic mass is 10.2. The zero-order valence-corrected chi connectivity index (χ0v) is 16.9. The molecule has 0 spiro atoms. The SMILES string of the molecule is O=C(NCCCn1nc2n(c1=O)CCCC2)c1ccc(-c2ccc(Cl)cc2)s1. The van der Waals surface area contributed by atoms with E-state index >= 15 is 0 Å². The number of carbonyl (C=O) groups excluding carboxylic acids is 1. The molecular formula is C20H21ClN4O2S. The largest absolute Gasteiger partial charge is 0.351 e. The molecule has 0 aliphatic carbocycles. The molecule has 3 aromatic rings. The lowest BCUT2D eigenvalue weighted by Gasteiger charge is -2.09. The van der Waals surface area contributed by atoms with E-state index in [1.54, 1.807) is 4.57 Å². The van der Waals surface area contributed by atoms with Gasteiger partial charge in [0.2, 0.25) is 0 Å². The van der Waals surface area contributed by atoms with Crippen LogP contribution in [0, 0.1) is 0 Å². The lowest BCUT2D eigenvalue weighted by molar-refractivity contribution is 0.0956. The van der Waals surface area contributed by atoms with Crippen LogP contribution < -0.4 is 11.0 Å². The predicted molar refractivity (Wildman–Crippen MR) is 111 cm³/mol. The zero-order valence-electron chi connectivity index (χ0n) is 15.4. The summed E-state index contributed by atoms with van der Waals surface area (Å²) in [4.78, 5) is 26.4. The fourth-order valence-electron chi connectivity index (χ4n) is 3.34. The van der Waals surface area contributed by atoms with Crippen molar-refractivity contribution in [3.8, 4) is 10.4 Å². The Bertz CT molecular complexity index is 1040. The van der Waals surface area contributed by atoms with E-state index in [-0.39, 0.29) is 11.6 Å². The molecule has 2 aromatic heterocycles. The van der Waals surface area contributed by atoms with Crippen LogP contribution in [0.4, 0.5) is 0 Å². The van der Waals surface area contributed by atoms with Gasteiger partial charge in [0.25, 0.3) is 5.91 Å². The molecule has 0 radical (unpaired) electrons. The van der Waals surface area contributed by atoms with E-state index in [2.05, 4.69) is 10.4 Å². The van der Waals surface area contributed by atoms with Gasteiger partial charge in [-0.05, 0) is 49.1 Å². The summed E-state index contributed by atoms with van der Waals surface area (Å²) >= 11 is 7.37. The minimum absolute atomic E-state index is 0.0353. The summed E-state index contributed by atoms with van der Waals surface area (Å²) in [6, 6.07) is 11.3. The summed E-state index contributed by atoms with van der Waals surface area (Å²) in [5, 5.41) is 8.03. The van der Waals surface area contributed by atoms with Crippen LogP contribution in [0.1, 0.15) is 34.8 Å². The summed E-state index contributed by atoms with van der Waals surface area (Å²) < 4.78 is 3.29. The van der Waals surface area contributed by atoms with Gasteiger partial charge in [0, 0.05) is 36.0 Å². The second kappa shape index (κ2) is 8.32. The molecule has 1 aromatic carbocycles. The lowest BCUT2D eigenvalue weighted by Crippen LogP contribution is -2.29. The molecule has 8 heteroatoms. The van der Waals surface area contributed by atoms with Crippen LogP contribution in [-0.4, -0.2) is 26.8 Å². The Balaban J connectivity index is 1.30. The van der Waals surface area contributed by atoms with Crippen LogP contribution in [0.15, 0.2) is 41.2 Å². The molecule has 0 saturated carbocycles. The minimum Gasteiger partial charge on any atom is -0.351 e. The summed E-state index contributed by atoms with van der Waals surface area (Å²) in [5.41, 5.74) is 1.00. The number of fused-ring (bicyclic) bond motifs is 1. The minimum atomic E-state index is -0.0957. The number of carbonyl (C=O) groups is 1. The monoisotopic (exact) mass is 416 g/mol. The summed E-state index contributed by atoms with van der Waals surface area (Å²) in [6.45, 7) is 1.78. The third-order valence-corrected chi connectivity index (χ3v) is 6.21. The van der Waals surface area contributed by atoms with Gasteiger partial charge in [-0.15, -0.1) is 11.3 Å². The molecule has 0 fully saturated rings. The molecule has 1 aliphatic heterocycles. The molecule has 1 amide bonds. The highest BCUT2D eigenvalue weighted by Crippen LogP contribution is 2.29. The molecule has 0 saturated heterocycles. The maximum absolute atomic E-state index is 12.4. The topological polar surface area (TPSA) is 68.9 Å². The van der Waals surface area contributed by atoms with Crippen LogP contribution in [0.2, 0.25) is 5.02 Å². The van der Waals surface area contributed by atoms with E-state index in [0.717, 1.165) is 42.1 Å². The third-order valence-electron chi connectivity index (χ3n) is 4.82. The van der Waals surface area contributed by atoms with Gasteiger partial charge in [-0.25, -0.2) is 9.48 Å². The summed E-state index contributed by atoms with van der Waals surface area (Å²) in [5.74, 6) is 0.787. The van der Waals surface area contributed by atoms with Gasteiger partial charge in [0.15, 0.2) is 0 Å². The smallest absolute Gasteiger partial charge is 0.345 e. The van der Waals surface area contributed by atoms with E-state index in [9.17, 15) is 9.59 Å². The highest BCUT2D eigenvalue weighted by Gasteiger charge is 2.16. The second-order valence-electron chi connectivity index (χ2n) is 6.81. The van der Waals surface area contributed by atoms with Gasteiger partial charge in [-0.3, -0.25) is 9.36 Å². The number of hydrogen-bond acceptors (Lipinski definition) is 4. The van der Waals surface area contributed by atoms with E-state index in [4.69, 9.17) is 11.6 Å². The number of nitrogens with zero attached hydrogens (tertiary/aromatic N) is 3. The van der Waals surface area contributed by atoms with E-state index < -0.39 is 0 Å². The zero-order chi connectivity index (χ0) is 19.5. The number of thiophene rings is 1. The Morgan fingerprint density at radius 1 is 1.18 bits per heavy atom. The number of rotatable bonds is 6.